The van der Waals surface area contributed by atoms with E-state index in [1.807, 2.05) is 6.92 Å². The first-order valence-corrected chi connectivity index (χ1v) is 7.62. The topological polar surface area (TPSA) is 101 Å². The number of aliphatic hydroxyl groups excluding tert-OH is 1. The fourth-order valence-corrected chi connectivity index (χ4v) is 1.65. The molecule has 1 aromatic rings. The molecule has 0 bridgehead atoms. The van der Waals surface area contributed by atoms with Gasteiger partial charge in [-0.15, -0.1) is 0 Å². The van der Waals surface area contributed by atoms with E-state index in [9.17, 15) is 13.2 Å². The van der Waals surface area contributed by atoms with Crippen LogP contribution in [0.4, 0.5) is 0 Å². The lowest BCUT2D eigenvalue weighted by molar-refractivity contribution is -0.139. The molecule has 0 radical (unpaired) electrons. The summed E-state index contributed by atoms with van der Waals surface area (Å²) in [4.78, 5) is 10.4. The molecule has 0 heterocycles. The van der Waals surface area contributed by atoms with Crippen molar-refractivity contribution >= 4 is 16.1 Å². The Kier molecular flexibility index (Phi) is 9.27. The fraction of sp³-hybridized carbons (Fsp3) is 0.357. The van der Waals surface area contributed by atoms with E-state index in [4.69, 9.17) is 9.66 Å². The van der Waals surface area contributed by atoms with Gasteiger partial charge in [-0.3, -0.25) is 9.35 Å². The monoisotopic (exact) mass is 316 g/mol. The minimum absolute atomic E-state index is 0.0666. The lowest BCUT2D eigenvalue weighted by Crippen LogP contribution is -1.96. The van der Waals surface area contributed by atoms with Gasteiger partial charge in [-0.25, -0.2) is 0 Å². The lowest BCUT2D eigenvalue weighted by Gasteiger charge is -1.95. The van der Waals surface area contributed by atoms with Gasteiger partial charge in [-0.1, -0.05) is 29.8 Å². The summed E-state index contributed by atoms with van der Waals surface area (Å²) in [5.41, 5.74) is 0.956. The van der Waals surface area contributed by atoms with Gasteiger partial charge in [0.2, 0.25) is 0 Å². The Balaban J connectivity index is 0.000000384. The number of carbonyl (C=O) groups is 1. The van der Waals surface area contributed by atoms with Gasteiger partial charge in [0.25, 0.3) is 10.1 Å². The molecule has 118 valence electrons. The van der Waals surface area contributed by atoms with Crippen LogP contribution in [0.5, 0.6) is 0 Å². The quantitative estimate of drug-likeness (QED) is 0.487. The van der Waals surface area contributed by atoms with Crippen LogP contribution in [-0.4, -0.2) is 37.8 Å². The summed E-state index contributed by atoms with van der Waals surface area (Å²) in [5, 5.41) is 8.32. The first-order valence-electron chi connectivity index (χ1n) is 6.18. The van der Waals surface area contributed by atoms with Crippen LogP contribution in [0.2, 0.25) is 0 Å². The molecule has 0 amide bonds. The highest BCUT2D eigenvalue weighted by Gasteiger charge is 2.06. The SMILES string of the molecule is COC(=O)C/C=C\CCO.Cc1ccc(S(=O)(=O)O)cc1. The number of carbonyl (C=O) groups excluding carboxylic acids is 1. The second-order valence-electron chi connectivity index (χ2n) is 4.05. The van der Waals surface area contributed by atoms with Gasteiger partial charge in [0.1, 0.15) is 0 Å². The van der Waals surface area contributed by atoms with Crippen molar-refractivity contribution in [2.24, 2.45) is 0 Å². The smallest absolute Gasteiger partial charge is 0.309 e. The third kappa shape index (κ3) is 9.78. The van der Waals surface area contributed by atoms with E-state index in [1.54, 1.807) is 24.3 Å². The number of ether oxygens (including phenoxy) is 1. The van der Waals surface area contributed by atoms with Crippen LogP contribution >= 0.6 is 0 Å². The standard InChI is InChI=1S/C7H8O3S.C7H12O3/c1-6-2-4-7(5-3-6)11(8,9)10;1-10-7(9)5-3-2-4-6-8/h2-5H,1H3,(H,8,9,10);2-3,8H,4-6H2,1H3/b;3-2-. The first-order chi connectivity index (χ1) is 9.81. The summed E-state index contributed by atoms with van der Waals surface area (Å²) in [6.07, 6.45) is 4.31. The maximum Gasteiger partial charge on any atom is 0.309 e. The Morgan fingerprint density at radius 2 is 1.81 bits per heavy atom. The number of benzene rings is 1. The zero-order chi connectivity index (χ0) is 16.3. The Hall–Kier alpha value is -1.70. The Labute approximate surface area is 124 Å². The van der Waals surface area contributed by atoms with Gasteiger partial charge in [0, 0.05) is 6.61 Å². The van der Waals surface area contributed by atoms with Gasteiger partial charge in [0.05, 0.1) is 18.4 Å². The van der Waals surface area contributed by atoms with Crippen LogP contribution in [0, 0.1) is 6.92 Å². The molecule has 0 atom stereocenters. The molecule has 0 aliphatic carbocycles. The highest BCUT2D eigenvalue weighted by atomic mass is 32.2. The van der Waals surface area contributed by atoms with Gasteiger partial charge < -0.3 is 9.84 Å². The summed E-state index contributed by atoms with van der Waals surface area (Å²) in [6.45, 7) is 1.96. The number of esters is 1. The third-order valence-corrected chi connectivity index (χ3v) is 3.16. The van der Waals surface area contributed by atoms with Gasteiger partial charge in [-0.2, -0.15) is 8.42 Å². The Morgan fingerprint density at radius 1 is 1.24 bits per heavy atom. The van der Waals surface area contributed by atoms with Crippen molar-refractivity contribution in [2.45, 2.75) is 24.7 Å². The molecule has 21 heavy (non-hydrogen) atoms. The molecule has 0 aromatic heterocycles. The molecule has 0 saturated heterocycles. The first kappa shape index (κ1) is 19.3. The van der Waals surface area contributed by atoms with Crippen LogP contribution in [0.1, 0.15) is 18.4 Å². The van der Waals surface area contributed by atoms with Gasteiger partial charge in [-0.05, 0) is 25.5 Å². The average Bonchev–Trinajstić information content (AvgIpc) is 2.43. The third-order valence-electron chi connectivity index (χ3n) is 2.29. The predicted molar refractivity (Wildman–Crippen MR) is 78.5 cm³/mol. The summed E-state index contributed by atoms with van der Waals surface area (Å²) < 4.78 is 33.9. The zero-order valence-corrected chi connectivity index (χ0v) is 12.8. The molecule has 0 fully saturated rings. The highest BCUT2D eigenvalue weighted by molar-refractivity contribution is 7.85. The summed E-state index contributed by atoms with van der Waals surface area (Å²) >= 11 is 0. The summed E-state index contributed by atoms with van der Waals surface area (Å²) in [6, 6.07) is 5.99. The van der Waals surface area contributed by atoms with E-state index in [0.717, 1.165) is 5.56 Å². The van der Waals surface area contributed by atoms with Crippen molar-refractivity contribution < 1.29 is 27.6 Å². The highest BCUT2D eigenvalue weighted by Crippen LogP contribution is 2.08. The normalized spacial score (nSPS) is 10.9. The molecule has 6 nitrogen and oxygen atoms in total. The molecule has 0 unspecified atom stereocenters. The van der Waals surface area contributed by atoms with Crippen molar-refractivity contribution in [3.63, 3.8) is 0 Å². The zero-order valence-electron chi connectivity index (χ0n) is 12.0. The molecular weight excluding hydrogens is 296 g/mol. The minimum Gasteiger partial charge on any atom is -0.469 e. The van der Waals surface area contributed by atoms with Gasteiger partial charge >= 0.3 is 5.97 Å². The maximum atomic E-state index is 10.5. The molecule has 0 aliphatic rings. The molecule has 2 N–H and O–H groups in total. The molecule has 0 saturated carbocycles. The van der Waals surface area contributed by atoms with Crippen LogP contribution < -0.4 is 0 Å². The second kappa shape index (κ2) is 10.1. The van der Waals surface area contributed by atoms with E-state index in [-0.39, 0.29) is 23.9 Å². The molecule has 0 aliphatic heterocycles. The molecule has 1 aromatic carbocycles. The van der Waals surface area contributed by atoms with Crippen molar-refractivity contribution in [1.29, 1.82) is 0 Å². The number of aliphatic hydroxyl groups is 1. The average molecular weight is 316 g/mol. The van der Waals surface area contributed by atoms with Crippen molar-refractivity contribution in [1.82, 2.24) is 0 Å². The number of hydrogen-bond donors (Lipinski definition) is 2. The molecule has 7 heteroatoms. The lowest BCUT2D eigenvalue weighted by atomic mass is 10.2. The van der Waals surface area contributed by atoms with E-state index in [0.29, 0.717) is 6.42 Å². The van der Waals surface area contributed by atoms with E-state index in [1.165, 1.54) is 19.2 Å². The van der Waals surface area contributed by atoms with Crippen LogP contribution in [0.25, 0.3) is 0 Å². The number of hydrogen-bond acceptors (Lipinski definition) is 5. The molecule has 0 spiro atoms. The number of aryl methyl sites for hydroxylation is 1. The second-order valence-corrected chi connectivity index (χ2v) is 5.47. The predicted octanol–water partition coefficient (Wildman–Crippen LogP) is 1.73. The number of methoxy groups -OCH3 is 1. The summed E-state index contributed by atoms with van der Waals surface area (Å²) in [5.74, 6) is -0.255. The molecular formula is C14H20O6S. The Bertz CT molecular complexity index is 545. The van der Waals surface area contributed by atoms with E-state index < -0.39 is 10.1 Å². The van der Waals surface area contributed by atoms with E-state index >= 15 is 0 Å². The van der Waals surface area contributed by atoms with E-state index in [2.05, 4.69) is 4.74 Å². The van der Waals surface area contributed by atoms with Gasteiger partial charge in [0.15, 0.2) is 0 Å². The number of rotatable bonds is 5. The van der Waals surface area contributed by atoms with Crippen LogP contribution in [0.3, 0.4) is 0 Å². The summed E-state index contributed by atoms with van der Waals surface area (Å²) in [7, 11) is -2.67. The van der Waals surface area contributed by atoms with Crippen molar-refractivity contribution in [3.8, 4) is 0 Å². The van der Waals surface area contributed by atoms with Crippen LogP contribution in [0.15, 0.2) is 41.3 Å². The Morgan fingerprint density at radius 3 is 2.24 bits per heavy atom. The fourth-order valence-electron chi connectivity index (χ4n) is 1.17. The van der Waals surface area contributed by atoms with Crippen molar-refractivity contribution in [2.75, 3.05) is 13.7 Å². The van der Waals surface area contributed by atoms with Crippen LogP contribution in [-0.2, 0) is 19.6 Å². The minimum atomic E-state index is -4.02. The molecule has 1 rings (SSSR count). The largest absolute Gasteiger partial charge is 0.469 e. The maximum absolute atomic E-state index is 10.5. The van der Waals surface area contributed by atoms with Crippen molar-refractivity contribution in [3.05, 3.63) is 42.0 Å².